The summed E-state index contributed by atoms with van der Waals surface area (Å²) in [4.78, 5) is 11.0. The molecule has 1 rings (SSSR count). The van der Waals surface area contributed by atoms with Crippen LogP contribution in [0.25, 0.3) is 0 Å². The van der Waals surface area contributed by atoms with E-state index in [-0.39, 0.29) is 0 Å². The molecule has 16 heavy (non-hydrogen) atoms. The Morgan fingerprint density at radius 3 is 2.38 bits per heavy atom. The van der Waals surface area contributed by atoms with Crippen LogP contribution in [0.1, 0.15) is 18.1 Å². The fourth-order valence-electron chi connectivity index (χ4n) is 1.59. The number of likely N-dealkylation sites (N-methyl/N-ethyl adjacent to an activating group) is 1. The molecule has 0 saturated carbocycles. The Balaban J connectivity index is 2.89. The van der Waals surface area contributed by atoms with Crippen LogP contribution in [0.3, 0.4) is 0 Å². The van der Waals surface area contributed by atoms with Crippen molar-refractivity contribution < 1.29 is 9.90 Å². The molecule has 0 fully saturated rings. The quantitative estimate of drug-likeness (QED) is 0.664. The summed E-state index contributed by atoms with van der Waals surface area (Å²) in [6, 6.07) is 5.87. The van der Waals surface area contributed by atoms with Crippen molar-refractivity contribution in [3.05, 3.63) is 29.3 Å². The van der Waals surface area contributed by atoms with E-state index in [1.165, 1.54) is 0 Å². The number of aliphatic carboxylic acids is 1. The highest BCUT2D eigenvalue weighted by atomic mass is 16.4. The minimum Gasteiger partial charge on any atom is -0.479 e. The average Bonchev–Trinajstić information content (AvgIpc) is 2.21. The minimum atomic E-state index is -0.899. The van der Waals surface area contributed by atoms with E-state index < -0.39 is 12.1 Å². The molecule has 0 aliphatic rings. The molecule has 0 bridgehead atoms. The Morgan fingerprint density at radius 1 is 1.38 bits per heavy atom. The highest BCUT2D eigenvalue weighted by Crippen LogP contribution is 2.19. The van der Waals surface area contributed by atoms with Gasteiger partial charge in [-0.05, 0) is 31.5 Å². The third-order valence-corrected chi connectivity index (χ3v) is 2.42. The summed E-state index contributed by atoms with van der Waals surface area (Å²) in [6.45, 7) is 6.40. The lowest BCUT2D eigenvalue weighted by molar-refractivity contribution is -0.138. The van der Waals surface area contributed by atoms with E-state index in [9.17, 15) is 4.79 Å². The van der Waals surface area contributed by atoms with Crippen molar-refractivity contribution in [3.63, 3.8) is 0 Å². The summed E-state index contributed by atoms with van der Waals surface area (Å²) in [5.41, 5.74) is 2.98. The van der Waals surface area contributed by atoms with Gasteiger partial charge >= 0.3 is 5.97 Å². The first kappa shape index (κ1) is 12.5. The zero-order chi connectivity index (χ0) is 12.1. The summed E-state index contributed by atoms with van der Waals surface area (Å²) < 4.78 is 0. The Hall–Kier alpha value is -1.55. The molecule has 4 heteroatoms. The molecule has 0 radical (unpaired) electrons. The minimum absolute atomic E-state index is 0.606. The first-order valence-corrected chi connectivity index (χ1v) is 5.35. The Morgan fingerprint density at radius 2 is 1.94 bits per heavy atom. The second-order valence-corrected chi connectivity index (χ2v) is 3.74. The smallest absolute Gasteiger partial charge is 0.341 e. The maximum absolute atomic E-state index is 11.0. The van der Waals surface area contributed by atoms with Crippen LogP contribution in [0.5, 0.6) is 0 Å². The van der Waals surface area contributed by atoms with Gasteiger partial charge in [0.1, 0.15) is 0 Å². The molecule has 1 atom stereocenters. The van der Waals surface area contributed by atoms with Crippen molar-refractivity contribution in [2.45, 2.75) is 26.9 Å². The van der Waals surface area contributed by atoms with Crippen LogP contribution < -0.4 is 10.6 Å². The molecule has 3 N–H and O–H groups in total. The van der Waals surface area contributed by atoms with Crippen molar-refractivity contribution >= 4 is 11.7 Å². The lowest BCUT2D eigenvalue weighted by atomic mass is 10.1. The molecule has 1 aromatic rings. The van der Waals surface area contributed by atoms with Crippen molar-refractivity contribution in [3.8, 4) is 0 Å². The standard InChI is InChI=1S/C12H18N2O2/c1-4-13-11(12(15)16)14-10-8(2)6-5-7-9(10)3/h5-7,11,13-14H,4H2,1-3H3,(H,15,16). The molecule has 0 aliphatic carbocycles. The third-order valence-electron chi connectivity index (χ3n) is 2.42. The summed E-state index contributed by atoms with van der Waals surface area (Å²) in [5.74, 6) is -0.899. The lowest BCUT2D eigenvalue weighted by Gasteiger charge is -2.19. The van der Waals surface area contributed by atoms with Gasteiger partial charge in [-0.1, -0.05) is 25.1 Å². The lowest BCUT2D eigenvalue weighted by Crippen LogP contribution is -2.43. The van der Waals surface area contributed by atoms with Crippen LogP contribution in [0, 0.1) is 13.8 Å². The number of carboxylic acid groups (broad SMARTS) is 1. The number of nitrogens with one attached hydrogen (secondary N) is 2. The molecule has 0 amide bonds. The molecule has 0 heterocycles. The predicted molar refractivity (Wildman–Crippen MR) is 64.6 cm³/mol. The molecule has 0 saturated heterocycles. The number of carbonyl (C=O) groups is 1. The van der Waals surface area contributed by atoms with Gasteiger partial charge < -0.3 is 10.4 Å². The number of rotatable bonds is 5. The fraction of sp³-hybridized carbons (Fsp3) is 0.417. The maximum Gasteiger partial charge on any atom is 0.341 e. The van der Waals surface area contributed by atoms with Crippen LogP contribution in [0.4, 0.5) is 5.69 Å². The van der Waals surface area contributed by atoms with E-state index >= 15 is 0 Å². The van der Waals surface area contributed by atoms with Gasteiger partial charge in [-0.15, -0.1) is 0 Å². The number of benzene rings is 1. The van der Waals surface area contributed by atoms with Gasteiger partial charge in [-0.2, -0.15) is 0 Å². The maximum atomic E-state index is 11.0. The number of hydrogen-bond acceptors (Lipinski definition) is 3. The second-order valence-electron chi connectivity index (χ2n) is 3.74. The first-order chi connectivity index (χ1) is 7.56. The van der Waals surface area contributed by atoms with Gasteiger partial charge in [-0.3, -0.25) is 5.32 Å². The van der Waals surface area contributed by atoms with Gasteiger partial charge in [0, 0.05) is 5.69 Å². The van der Waals surface area contributed by atoms with Crippen LogP contribution in [-0.2, 0) is 4.79 Å². The van der Waals surface area contributed by atoms with Gasteiger partial charge in [0.2, 0.25) is 0 Å². The van der Waals surface area contributed by atoms with Crippen LogP contribution in [0.15, 0.2) is 18.2 Å². The largest absolute Gasteiger partial charge is 0.479 e. The topological polar surface area (TPSA) is 61.4 Å². The predicted octanol–water partition coefficient (Wildman–Crippen LogP) is 1.74. The number of carboxylic acids is 1. The molecule has 0 spiro atoms. The van der Waals surface area contributed by atoms with Gasteiger partial charge in [-0.25, -0.2) is 4.79 Å². The van der Waals surface area contributed by atoms with Crippen molar-refractivity contribution in [1.29, 1.82) is 0 Å². The highest BCUT2D eigenvalue weighted by molar-refractivity contribution is 5.77. The molecule has 4 nitrogen and oxygen atoms in total. The second kappa shape index (κ2) is 5.51. The van der Waals surface area contributed by atoms with Gasteiger partial charge in [0.25, 0.3) is 0 Å². The highest BCUT2D eigenvalue weighted by Gasteiger charge is 2.16. The zero-order valence-corrected chi connectivity index (χ0v) is 9.87. The SMILES string of the molecule is CCNC(Nc1c(C)cccc1C)C(=O)O. The van der Waals surface area contributed by atoms with E-state index in [4.69, 9.17) is 5.11 Å². The summed E-state index contributed by atoms with van der Waals surface area (Å²) in [6.07, 6.45) is -0.746. The van der Waals surface area contributed by atoms with Crippen LogP contribution in [-0.4, -0.2) is 23.8 Å². The van der Waals surface area contributed by atoms with E-state index in [2.05, 4.69) is 10.6 Å². The molecule has 1 aromatic carbocycles. The monoisotopic (exact) mass is 222 g/mol. The normalized spacial score (nSPS) is 12.2. The van der Waals surface area contributed by atoms with Crippen molar-refractivity contribution in [1.82, 2.24) is 5.32 Å². The molecule has 0 aromatic heterocycles. The number of anilines is 1. The average molecular weight is 222 g/mol. The van der Waals surface area contributed by atoms with Crippen molar-refractivity contribution in [2.24, 2.45) is 0 Å². The Bertz CT molecular complexity index is 357. The van der Waals surface area contributed by atoms with E-state index in [1.807, 2.05) is 39.0 Å². The van der Waals surface area contributed by atoms with Crippen molar-refractivity contribution in [2.75, 3.05) is 11.9 Å². The summed E-state index contributed by atoms with van der Waals surface area (Å²) in [7, 11) is 0. The number of aryl methyl sites for hydroxylation is 2. The van der Waals surface area contributed by atoms with Crippen LogP contribution in [0.2, 0.25) is 0 Å². The Kier molecular flexibility index (Phi) is 4.31. The molecular formula is C12H18N2O2. The Labute approximate surface area is 95.7 Å². The van der Waals surface area contributed by atoms with Gasteiger partial charge in [0.15, 0.2) is 6.17 Å². The number of hydrogen-bond donors (Lipinski definition) is 3. The number of para-hydroxylation sites is 1. The summed E-state index contributed by atoms with van der Waals surface area (Å²) >= 11 is 0. The molecular weight excluding hydrogens is 204 g/mol. The first-order valence-electron chi connectivity index (χ1n) is 5.35. The van der Waals surface area contributed by atoms with E-state index in [1.54, 1.807) is 0 Å². The van der Waals surface area contributed by atoms with Crippen LogP contribution >= 0.6 is 0 Å². The van der Waals surface area contributed by atoms with E-state index in [0.29, 0.717) is 6.54 Å². The molecule has 0 aliphatic heterocycles. The fourth-order valence-corrected chi connectivity index (χ4v) is 1.59. The third kappa shape index (κ3) is 2.97. The molecule has 88 valence electrons. The molecule has 1 unspecified atom stereocenters. The zero-order valence-electron chi connectivity index (χ0n) is 9.87. The summed E-state index contributed by atoms with van der Waals surface area (Å²) in [5, 5.41) is 14.9. The van der Waals surface area contributed by atoms with E-state index in [0.717, 1.165) is 16.8 Å². The van der Waals surface area contributed by atoms with Gasteiger partial charge in [0.05, 0.1) is 0 Å².